The summed E-state index contributed by atoms with van der Waals surface area (Å²) in [6.07, 6.45) is -4.72. The van der Waals surface area contributed by atoms with Gasteiger partial charge in [0.15, 0.2) is 0 Å². The second kappa shape index (κ2) is 8.08. The molecule has 1 N–H and O–H groups in total. The van der Waals surface area contributed by atoms with Crippen molar-refractivity contribution in [1.29, 1.82) is 0 Å². The van der Waals surface area contributed by atoms with Crippen molar-refractivity contribution < 1.29 is 31.1 Å². The molecule has 1 fully saturated rings. The summed E-state index contributed by atoms with van der Waals surface area (Å²) in [5, 5.41) is 2.11. The standard InChI is InChI=1S/C17H22ClF3N2O4S/c1-16(2,3)27-15(24)22-11-6-8-23(9-7-11)28(25,26)12-4-5-14(18)13(10-12)17(19,20)21/h4-5,10-11H,6-9H2,1-3H3,(H,22,24). The number of carbonyl (C=O) groups is 1. The molecule has 0 radical (unpaired) electrons. The van der Waals surface area contributed by atoms with E-state index in [1.165, 1.54) is 0 Å². The van der Waals surface area contributed by atoms with Gasteiger partial charge in [-0.3, -0.25) is 0 Å². The zero-order valence-electron chi connectivity index (χ0n) is 15.6. The van der Waals surface area contributed by atoms with Crippen molar-refractivity contribution in [1.82, 2.24) is 9.62 Å². The number of benzene rings is 1. The Bertz CT molecular complexity index is 830. The predicted octanol–water partition coefficient (Wildman–Crippen LogP) is 4.04. The number of alkyl carbamates (subject to hydrolysis) is 1. The Balaban J connectivity index is 2.07. The quantitative estimate of drug-likeness (QED) is 0.766. The van der Waals surface area contributed by atoms with Crippen molar-refractivity contribution in [2.24, 2.45) is 0 Å². The van der Waals surface area contributed by atoms with Gasteiger partial charge in [0, 0.05) is 19.1 Å². The van der Waals surface area contributed by atoms with Crippen LogP contribution in [0.3, 0.4) is 0 Å². The highest BCUT2D eigenvalue weighted by Crippen LogP contribution is 2.36. The molecule has 28 heavy (non-hydrogen) atoms. The molecular formula is C17H22ClF3N2O4S. The van der Waals surface area contributed by atoms with Gasteiger partial charge in [-0.2, -0.15) is 17.5 Å². The molecule has 1 amide bonds. The number of sulfonamides is 1. The minimum Gasteiger partial charge on any atom is -0.444 e. The van der Waals surface area contributed by atoms with Gasteiger partial charge in [0.2, 0.25) is 10.0 Å². The first-order valence-corrected chi connectivity index (χ1v) is 10.4. The molecule has 0 saturated carbocycles. The molecule has 0 aromatic heterocycles. The van der Waals surface area contributed by atoms with Gasteiger partial charge >= 0.3 is 12.3 Å². The smallest absolute Gasteiger partial charge is 0.417 e. The number of rotatable bonds is 3. The summed E-state index contributed by atoms with van der Waals surface area (Å²) in [5.74, 6) is 0. The number of piperidine rings is 1. The van der Waals surface area contributed by atoms with E-state index < -0.39 is 43.4 Å². The lowest BCUT2D eigenvalue weighted by atomic mass is 10.1. The van der Waals surface area contributed by atoms with Crippen LogP contribution in [0.15, 0.2) is 23.1 Å². The van der Waals surface area contributed by atoms with Crippen LogP contribution in [0.5, 0.6) is 0 Å². The molecule has 0 atom stereocenters. The minimum absolute atomic E-state index is 0.0623. The number of halogens is 4. The van der Waals surface area contributed by atoms with E-state index in [0.717, 1.165) is 16.4 Å². The Labute approximate surface area is 167 Å². The number of nitrogens with one attached hydrogen (secondary N) is 1. The van der Waals surface area contributed by atoms with Gasteiger partial charge in [-0.25, -0.2) is 13.2 Å². The van der Waals surface area contributed by atoms with Crippen LogP contribution >= 0.6 is 11.6 Å². The van der Waals surface area contributed by atoms with E-state index in [-0.39, 0.29) is 19.1 Å². The maximum atomic E-state index is 13.0. The fourth-order valence-corrected chi connectivity index (χ4v) is 4.47. The highest BCUT2D eigenvalue weighted by Gasteiger charge is 2.36. The number of hydrogen-bond donors (Lipinski definition) is 1. The number of alkyl halides is 3. The zero-order valence-corrected chi connectivity index (χ0v) is 17.2. The van der Waals surface area contributed by atoms with Gasteiger partial charge < -0.3 is 10.1 Å². The molecule has 0 spiro atoms. The van der Waals surface area contributed by atoms with Crippen LogP contribution in [0.25, 0.3) is 0 Å². The number of hydrogen-bond acceptors (Lipinski definition) is 4. The normalized spacial score (nSPS) is 17.4. The Morgan fingerprint density at radius 1 is 1.21 bits per heavy atom. The highest BCUT2D eigenvalue weighted by molar-refractivity contribution is 7.89. The van der Waals surface area contributed by atoms with Crippen LogP contribution in [0.4, 0.5) is 18.0 Å². The molecule has 158 valence electrons. The topological polar surface area (TPSA) is 75.7 Å². The number of amides is 1. The van der Waals surface area contributed by atoms with E-state index in [1.807, 2.05) is 0 Å². The molecule has 1 aromatic carbocycles. The summed E-state index contributed by atoms with van der Waals surface area (Å²) in [4.78, 5) is 11.3. The van der Waals surface area contributed by atoms with Crippen molar-refractivity contribution in [3.8, 4) is 0 Å². The first-order valence-electron chi connectivity index (χ1n) is 8.56. The summed E-state index contributed by atoms with van der Waals surface area (Å²) >= 11 is 5.55. The third-order valence-electron chi connectivity index (χ3n) is 4.06. The van der Waals surface area contributed by atoms with Crippen LogP contribution in [-0.4, -0.2) is 43.5 Å². The molecule has 11 heteroatoms. The van der Waals surface area contributed by atoms with Crippen LogP contribution in [-0.2, 0) is 20.9 Å². The summed E-state index contributed by atoms with van der Waals surface area (Å²) in [6.45, 7) is 5.30. The van der Waals surface area contributed by atoms with Crippen LogP contribution in [0.1, 0.15) is 39.2 Å². The molecule has 0 aliphatic carbocycles. The highest BCUT2D eigenvalue weighted by atomic mass is 35.5. The molecule has 0 unspecified atom stereocenters. The fourth-order valence-electron chi connectivity index (χ4n) is 2.75. The van der Waals surface area contributed by atoms with Gasteiger partial charge in [-0.05, 0) is 51.8 Å². The van der Waals surface area contributed by atoms with Gasteiger partial charge in [0.1, 0.15) is 5.60 Å². The van der Waals surface area contributed by atoms with Crippen LogP contribution in [0.2, 0.25) is 5.02 Å². The number of carbonyl (C=O) groups excluding carboxylic acids is 1. The lowest BCUT2D eigenvalue weighted by Crippen LogP contribution is -2.47. The minimum atomic E-state index is -4.76. The third-order valence-corrected chi connectivity index (χ3v) is 6.28. The van der Waals surface area contributed by atoms with Crippen molar-refractivity contribution in [3.63, 3.8) is 0 Å². The van der Waals surface area contributed by atoms with E-state index in [9.17, 15) is 26.4 Å². The molecule has 1 aliphatic rings. The van der Waals surface area contributed by atoms with Crippen molar-refractivity contribution in [2.75, 3.05) is 13.1 Å². The SMILES string of the molecule is CC(C)(C)OC(=O)NC1CCN(S(=O)(=O)c2ccc(Cl)c(C(F)(F)F)c2)CC1. The molecule has 0 bridgehead atoms. The van der Waals surface area contributed by atoms with E-state index in [2.05, 4.69) is 5.32 Å². The summed E-state index contributed by atoms with van der Waals surface area (Å²) in [5.41, 5.74) is -1.85. The number of nitrogens with zero attached hydrogens (tertiary/aromatic N) is 1. The predicted molar refractivity (Wildman–Crippen MR) is 97.6 cm³/mol. The van der Waals surface area contributed by atoms with E-state index in [0.29, 0.717) is 18.9 Å². The zero-order chi connectivity index (χ0) is 21.3. The molecule has 1 heterocycles. The maximum Gasteiger partial charge on any atom is 0.417 e. The second-order valence-electron chi connectivity index (χ2n) is 7.46. The van der Waals surface area contributed by atoms with Gasteiger partial charge in [0.05, 0.1) is 15.5 Å². The average molecular weight is 443 g/mol. The van der Waals surface area contributed by atoms with E-state index in [1.54, 1.807) is 20.8 Å². The second-order valence-corrected chi connectivity index (χ2v) is 9.81. The largest absolute Gasteiger partial charge is 0.444 e. The van der Waals surface area contributed by atoms with Crippen LogP contribution in [0, 0.1) is 0 Å². The summed E-state index contributed by atoms with van der Waals surface area (Å²) in [7, 11) is -4.11. The molecular weight excluding hydrogens is 421 g/mol. The van der Waals surface area contributed by atoms with Gasteiger partial charge in [0.25, 0.3) is 0 Å². The maximum absolute atomic E-state index is 13.0. The first-order chi connectivity index (χ1) is 12.7. The molecule has 1 aliphatic heterocycles. The van der Waals surface area contributed by atoms with E-state index in [4.69, 9.17) is 16.3 Å². The Morgan fingerprint density at radius 2 is 1.79 bits per heavy atom. The summed E-state index contributed by atoms with van der Waals surface area (Å²) in [6, 6.07) is 2.24. The molecule has 1 aromatic rings. The van der Waals surface area contributed by atoms with Crippen molar-refractivity contribution >= 4 is 27.7 Å². The van der Waals surface area contributed by atoms with Crippen molar-refractivity contribution in [3.05, 3.63) is 28.8 Å². The Kier molecular flexibility index (Phi) is 6.57. The lowest BCUT2D eigenvalue weighted by Gasteiger charge is -2.32. The van der Waals surface area contributed by atoms with Gasteiger partial charge in [-0.15, -0.1) is 0 Å². The van der Waals surface area contributed by atoms with Crippen molar-refractivity contribution in [2.45, 2.75) is 56.3 Å². The molecule has 1 saturated heterocycles. The molecule has 6 nitrogen and oxygen atoms in total. The third kappa shape index (κ3) is 5.74. The van der Waals surface area contributed by atoms with E-state index >= 15 is 0 Å². The fraction of sp³-hybridized carbons (Fsp3) is 0.588. The van der Waals surface area contributed by atoms with Crippen LogP contribution < -0.4 is 5.32 Å². The Morgan fingerprint density at radius 3 is 2.29 bits per heavy atom. The lowest BCUT2D eigenvalue weighted by molar-refractivity contribution is -0.137. The first kappa shape index (κ1) is 22.8. The number of ether oxygens (including phenoxy) is 1. The average Bonchev–Trinajstić information content (AvgIpc) is 2.52. The summed E-state index contributed by atoms with van der Waals surface area (Å²) < 4.78 is 70.7. The Hall–Kier alpha value is -1.52. The van der Waals surface area contributed by atoms with Gasteiger partial charge in [-0.1, -0.05) is 11.6 Å². The monoisotopic (exact) mass is 442 g/mol. The molecule has 2 rings (SSSR count).